The van der Waals surface area contributed by atoms with Crippen LogP contribution in [0.25, 0.3) is 0 Å². The third-order valence-electron chi connectivity index (χ3n) is 5.59. The number of amides is 2. The van der Waals surface area contributed by atoms with E-state index in [0.717, 1.165) is 17.7 Å². The number of carbonyl (C=O) groups is 2. The number of hydrogen-bond donors (Lipinski definition) is 1. The van der Waals surface area contributed by atoms with E-state index in [1.54, 1.807) is 32.0 Å². The van der Waals surface area contributed by atoms with Gasteiger partial charge < -0.3 is 19.7 Å². The smallest absolute Gasteiger partial charge is 0.257 e. The Morgan fingerprint density at radius 2 is 2.03 bits per heavy atom. The highest BCUT2D eigenvalue weighted by atomic mass is 32.2. The summed E-state index contributed by atoms with van der Waals surface area (Å²) in [6.45, 7) is 4.12. The maximum atomic E-state index is 13.7. The molecule has 190 valence electrons. The monoisotopic (exact) mass is 507 g/mol. The van der Waals surface area contributed by atoms with Gasteiger partial charge in [-0.1, -0.05) is 32.0 Å². The summed E-state index contributed by atoms with van der Waals surface area (Å²) in [7, 11) is -3.43. The van der Waals surface area contributed by atoms with Crippen LogP contribution in [0.4, 0.5) is 5.69 Å². The highest BCUT2D eigenvalue weighted by Gasteiger charge is 2.38. The average molecular weight is 508 g/mol. The van der Waals surface area contributed by atoms with Gasteiger partial charge in [-0.15, -0.1) is 0 Å². The van der Waals surface area contributed by atoms with E-state index >= 15 is 0 Å². The molecule has 2 aliphatic rings. The number of rotatable bonds is 9. The number of benzene rings is 2. The zero-order valence-electron chi connectivity index (χ0n) is 25.1. The Labute approximate surface area is 214 Å². The minimum absolute atomic E-state index is 0.0364. The molecule has 2 aromatic rings. The van der Waals surface area contributed by atoms with Crippen molar-refractivity contribution >= 4 is 27.3 Å². The standard InChI is InChI=1S/C24H28N2O6S.C2H6/c1-4-32-21-12-16(10-11-20(21)31-2)19(14-33(3,29)30)26-13-17-6-5-7-18(22(17)24(26)28)25-23(27)15-8-9-15;1-2/h5-7,10-12,15,19H,4,8-9,13-14H2,1-3H3,(H,25,27);1-2H3/t19-;/m1./s1/i3D3,19D;1D. The predicted octanol–water partition coefficient (Wildman–Crippen LogP) is 4.21. The van der Waals surface area contributed by atoms with Crippen molar-refractivity contribution in [2.75, 3.05) is 31.0 Å². The van der Waals surface area contributed by atoms with Crippen molar-refractivity contribution < 1.29 is 34.3 Å². The van der Waals surface area contributed by atoms with Crippen molar-refractivity contribution in [3.05, 3.63) is 53.1 Å². The second-order valence-electron chi connectivity index (χ2n) is 8.00. The second-order valence-corrected chi connectivity index (χ2v) is 9.52. The van der Waals surface area contributed by atoms with Crippen LogP contribution in [-0.4, -0.2) is 50.8 Å². The number of anilines is 1. The molecular formula is C26H34N2O6S. The van der Waals surface area contributed by atoms with Crippen molar-refractivity contribution in [1.29, 1.82) is 0 Å². The molecule has 1 aliphatic heterocycles. The lowest BCUT2D eigenvalue weighted by molar-refractivity contribution is -0.117. The zero-order valence-corrected chi connectivity index (χ0v) is 20.9. The van der Waals surface area contributed by atoms with Crippen molar-refractivity contribution in [2.45, 2.75) is 46.2 Å². The number of nitrogens with zero attached hydrogens (tertiary/aromatic N) is 1. The van der Waals surface area contributed by atoms with Gasteiger partial charge in [0.05, 0.1) is 38.1 Å². The number of ether oxygens (including phenoxy) is 2. The lowest BCUT2D eigenvalue weighted by atomic mass is 10.1. The highest BCUT2D eigenvalue weighted by Crippen LogP contribution is 2.39. The third kappa shape index (κ3) is 6.14. The van der Waals surface area contributed by atoms with Gasteiger partial charge in [0.2, 0.25) is 5.91 Å². The Morgan fingerprint density at radius 1 is 1.29 bits per heavy atom. The fourth-order valence-electron chi connectivity index (χ4n) is 3.89. The Hall–Kier alpha value is -3.07. The van der Waals surface area contributed by atoms with Crippen LogP contribution < -0.4 is 14.8 Å². The zero-order chi connectivity index (χ0) is 29.9. The van der Waals surface area contributed by atoms with Crippen molar-refractivity contribution in [1.82, 2.24) is 4.90 Å². The summed E-state index contributed by atoms with van der Waals surface area (Å²) >= 11 is 0. The minimum atomic E-state index is -4.85. The van der Waals surface area contributed by atoms with Crippen LogP contribution >= 0.6 is 0 Å². The summed E-state index contributed by atoms with van der Waals surface area (Å²) in [5.41, 5.74) is 0.944. The van der Waals surface area contributed by atoms with Gasteiger partial charge in [-0.3, -0.25) is 9.59 Å². The van der Waals surface area contributed by atoms with Gasteiger partial charge in [-0.05, 0) is 49.1 Å². The molecule has 1 N–H and O–H groups in total. The molecule has 9 heteroatoms. The quantitative estimate of drug-likeness (QED) is 0.546. The number of sulfone groups is 1. The van der Waals surface area contributed by atoms with Gasteiger partial charge in [-0.25, -0.2) is 8.42 Å². The molecule has 1 saturated carbocycles. The number of fused-ring (bicyclic) bond motifs is 1. The van der Waals surface area contributed by atoms with E-state index < -0.39 is 33.7 Å². The summed E-state index contributed by atoms with van der Waals surface area (Å²) < 4.78 is 74.7. The SMILES string of the molecule is [2H]C([2H])([2H])S(=O)(=O)C[C@]([2H])(c1ccc(OC)c(OCC)c1)N1Cc2cccc(NC(=O)C3CC3)c2C1=O.[2H]CC. The van der Waals surface area contributed by atoms with E-state index in [1.165, 1.54) is 25.3 Å². The minimum Gasteiger partial charge on any atom is -0.493 e. The maximum Gasteiger partial charge on any atom is 0.257 e. The van der Waals surface area contributed by atoms with Gasteiger partial charge in [0.25, 0.3) is 5.91 Å². The van der Waals surface area contributed by atoms with Crippen molar-refractivity contribution in [3.8, 4) is 11.5 Å². The Kier molecular flexibility index (Phi) is 6.40. The third-order valence-corrected chi connectivity index (χ3v) is 6.25. The molecule has 0 bridgehead atoms. The first kappa shape index (κ1) is 20.2. The van der Waals surface area contributed by atoms with E-state index in [9.17, 15) is 19.4 Å². The summed E-state index contributed by atoms with van der Waals surface area (Å²) in [4.78, 5) is 27.2. The molecule has 35 heavy (non-hydrogen) atoms. The summed E-state index contributed by atoms with van der Waals surface area (Å²) in [5.74, 6) is -1.65. The Bertz CT molecular complexity index is 1360. The van der Waals surface area contributed by atoms with Crippen LogP contribution in [0.5, 0.6) is 11.5 Å². The van der Waals surface area contributed by atoms with Gasteiger partial charge in [0.15, 0.2) is 11.5 Å². The highest BCUT2D eigenvalue weighted by molar-refractivity contribution is 7.90. The van der Waals surface area contributed by atoms with E-state index in [4.69, 9.17) is 15.0 Å². The molecule has 1 atom stereocenters. The van der Waals surface area contributed by atoms with Gasteiger partial charge in [0, 0.05) is 24.1 Å². The molecule has 0 unspecified atom stereocenters. The summed E-state index contributed by atoms with van der Waals surface area (Å²) in [5, 5.41) is 2.77. The lowest BCUT2D eigenvalue weighted by Crippen LogP contribution is -2.34. The molecule has 2 aromatic carbocycles. The average Bonchev–Trinajstić information content (AvgIpc) is 3.67. The molecule has 0 spiro atoms. The molecule has 1 fully saturated rings. The number of carbonyl (C=O) groups excluding carboxylic acids is 2. The van der Waals surface area contributed by atoms with E-state index in [0.29, 0.717) is 18.2 Å². The van der Waals surface area contributed by atoms with E-state index in [1.807, 2.05) is 0 Å². The summed E-state index contributed by atoms with van der Waals surface area (Å²) in [6, 6.07) is 6.82. The molecule has 0 radical (unpaired) electrons. The van der Waals surface area contributed by atoms with Crippen LogP contribution in [0.2, 0.25) is 0 Å². The molecule has 1 aliphatic carbocycles. The van der Waals surface area contributed by atoms with Crippen LogP contribution in [0.3, 0.4) is 0 Å². The van der Waals surface area contributed by atoms with Crippen LogP contribution in [0, 0.1) is 5.92 Å². The maximum absolute atomic E-state index is 13.7. The number of nitrogens with one attached hydrogen (secondary N) is 1. The van der Waals surface area contributed by atoms with Crippen molar-refractivity contribution in [2.24, 2.45) is 5.92 Å². The molecule has 0 saturated heterocycles. The Morgan fingerprint density at radius 3 is 2.66 bits per heavy atom. The number of hydrogen-bond acceptors (Lipinski definition) is 6. The first-order valence-corrected chi connectivity index (χ1v) is 13.0. The molecule has 8 nitrogen and oxygen atoms in total. The van der Waals surface area contributed by atoms with Gasteiger partial charge >= 0.3 is 0 Å². The lowest BCUT2D eigenvalue weighted by Gasteiger charge is -2.28. The Balaban J connectivity index is 0.00000141. The fraction of sp³-hybridized carbons (Fsp3) is 0.462. The summed E-state index contributed by atoms with van der Waals surface area (Å²) in [6.07, 6.45) is -1.86. The second kappa shape index (κ2) is 11.1. The van der Waals surface area contributed by atoms with E-state index in [2.05, 4.69) is 5.32 Å². The number of methoxy groups -OCH3 is 1. The predicted molar refractivity (Wildman–Crippen MR) is 136 cm³/mol. The largest absolute Gasteiger partial charge is 0.493 e. The van der Waals surface area contributed by atoms with Gasteiger partial charge in [-0.2, -0.15) is 0 Å². The first-order valence-electron chi connectivity index (χ1n) is 14.0. The van der Waals surface area contributed by atoms with Crippen LogP contribution in [-0.2, 0) is 21.2 Å². The normalized spacial score (nSPS) is 18.9. The molecule has 0 aromatic heterocycles. The topological polar surface area (TPSA) is 102 Å². The molecule has 2 amide bonds. The van der Waals surface area contributed by atoms with Crippen molar-refractivity contribution in [3.63, 3.8) is 0 Å². The van der Waals surface area contributed by atoms with Gasteiger partial charge in [0.1, 0.15) is 9.84 Å². The molecular weight excluding hydrogens is 468 g/mol. The molecule has 4 rings (SSSR count). The van der Waals surface area contributed by atoms with E-state index in [-0.39, 0.29) is 47.5 Å². The fourth-order valence-corrected chi connectivity index (χ4v) is 4.57. The van der Waals surface area contributed by atoms with Crippen LogP contribution in [0.15, 0.2) is 36.4 Å². The first-order chi connectivity index (χ1) is 18.7. The molecule has 1 heterocycles. The van der Waals surface area contributed by atoms with Crippen LogP contribution in [0.1, 0.15) is 67.9 Å².